The SMILES string of the molecule is COC(=O)c1ccc(-c2cccc(CNC(=O)c3c(Cl)cc(Br)cc3Cl)c2O)nc1N1CCCCC1. The first-order valence-corrected chi connectivity index (χ1v) is 12.9. The van der Waals surface area contributed by atoms with Crippen LogP contribution in [0.5, 0.6) is 5.75 Å². The fraction of sp³-hybridized carbons (Fsp3) is 0.269. The van der Waals surface area contributed by atoms with Crippen LogP contribution < -0.4 is 10.2 Å². The van der Waals surface area contributed by atoms with Crippen LogP contribution in [0.15, 0.2) is 46.9 Å². The minimum atomic E-state index is -0.463. The maximum atomic E-state index is 12.7. The monoisotopic (exact) mass is 591 g/mol. The van der Waals surface area contributed by atoms with Gasteiger partial charge in [0.2, 0.25) is 0 Å². The van der Waals surface area contributed by atoms with Crippen LogP contribution in [0.25, 0.3) is 11.3 Å². The molecule has 1 aromatic heterocycles. The Morgan fingerprint density at radius 1 is 1.11 bits per heavy atom. The number of anilines is 1. The van der Waals surface area contributed by atoms with Gasteiger partial charge in [0, 0.05) is 35.2 Å². The number of piperidine rings is 1. The normalized spacial score (nSPS) is 13.4. The van der Waals surface area contributed by atoms with Gasteiger partial charge in [-0.25, -0.2) is 9.78 Å². The van der Waals surface area contributed by atoms with E-state index in [0.29, 0.717) is 32.7 Å². The number of aromatic hydroxyl groups is 1. The molecule has 0 radical (unpaired) electrons. The maximum absolute atomic E-state index is 12.7. The highest BCUT2D eigenvalue weighted by molar-refractivity contribution is 9.10. The number of para-hydroxylation sites is 1. The highest BCUT2D eigenvalue weighted by Crippen LogP contribution is 2.34. The first-order valence-electron chi connectivity index (χ1n) is 11.4. The number of hydrogen-bond donors (Lipinski definition) is 2. The van der Waals surface area contributed by atoms with E-state index in [4.69, 9.17) is 32.9 Å². The number of pyridine rings is 1. The zero-order chi connectivity index (χ0) is 25.8. The Balaban J connectivity index is 1.62. The molecule has 1 amide bonds. The number of hydrogen-bond acceptors (Lipinski definition) is 6. The molecule has 2 aromatic carbocycles. The standard InChI is InChI=1S/C26H24BrCl2N3O4/c1-36-26(35)18-8-9-21(31-24(18)32-10-3-2-4-11-32)17-7-5-6-15(23(17)33)14-30-25(34)22-19(28)12-16(27)13-20(22)29/h5-9,12-13,33H,2-4,10-11,14H2,1H3,(H,30,34). The molecule has 0 bridgehead atoms. The molecule has 2 heterocycles. The van der Waals surface area contributed by atoms with Gasteiger partial charge in [0.1, 0.15) is 17.1 Å². The minimum absolute atomic E-state index is 0.0197. The molecular formula is C26H24BrCl2N3O4. The topological polar surface area (TPSA) is 91.8 Å². The third-order valence-electron chi connectivity index (χ3n) is 6.00. The Bertz CT molecular complexity index is 1290. The van der Waals surface area contributed by atoms with Crippen molar-refractivity contribution in [2.45, 2.75) is 25.8 Å². The van der Waals surface area contributed by atoms with Crippen LogP contribution in [0.3, 0.4) is 0 Å². The molecule has 1 fully saturated rings. The molecule has 1 saturated heterocycles. The van der Waals surface area contributed by atoms with E-state index >= 15 is 0 Å². The van der Waals surface area contributed by atoms with Gasteiger partial charge in [0.25, 0.3) is 5.91 Å². The number of ether oxygens (including phenoxy) is 1. The first-order chi connectivity index (χ1) is 17.3. The summed E-state index contributed by atoms with van der Waals surface area (Å²) in [6, 6.07) is 11.7. The zero-order valence-electron chi connectivity index (χ0n) is 19.5. The third-order valence-corrected chi connectivity index (χ3v) is 7.06. The fourth-order valence-corrected chi connectivity index (χ4v) is 5.56. The summed E-state index contributed by atoms with van der Waals surface area (Å²) in [5.41, 5.74) is 2.02. The number of benzene rings is 2. The number of phenolic OH excluding ortho intramolecular Hbond substituents is 1. The van der Waals surface area contributed by atoms with E-state index in [-0.39, 0.29) is 27.9 Å². The smallest absolute Gasteiger partial charge is 0.341 e. The van der Waals surface area contributed by atoms with Crippen LogP contribution in [-0.4, -0.2) is 42.2 Å². The highest BCUT2D eigenvalue weighted by Gasteiger charge is 2.23. The molecule has 0 aliphatic carbocycles. The number of nitrogens with one attached hydrogen (secondary N) is 1. The minimum Gasteiger partial charge on any atom is -0.507 e. The molecule has 1 aliphatic heterocycles. The predicted molar refractivity (Wildman–Crippen MR) is 144 cm³/mol. The van der Waals surface area contributed by atoms with E-state index in [1.165, 1.54) is 7.11 Å². The number of carbonyl (C=O) groups excluding carboxylic acids is 2. The maximum Gasteiger partial charge on any atom is 0.341 e. The van der Waals surface area contributed by atoms with Crippen molar-refractivity contribution in [3.8, 4) is 17.0 Å². The molecular weight excluding hydrogens is 569 g/mol. The third kappa shape index (κ3) is 5.61. The second kappa shape index (κ2) is 11.5. The molecule has 1 aliphatic rings. The van der Waals surface area contributed by atoms with Crippen LogP contribution in [-0.2, 0) is 11.3 Å². The molecule has 188 valence electrons. The van der Waals surface area contributed by atoms with Crippen molar-refractivity contribution in [2.75, 3.05) is 25.1 Å². The Morgan fingerprint density at radius 3 is 2.47 bits per heavy atom. The number of halogens is 3. The van der Waals surface area contributed by atoms with Gasteiger partial charge in [-0.3, -0.25) is 4.79 Å². The largest absolute Gasteiger partial charge is 0.507 e. The Labute approximate surface area is 227 Å². The van der Waals surface area contributed by atoms with Gasteiger partial charge in [-0.15, -0.1) is 0 Å². The average Bonchev–Trinajstić information content (AvgIpc) is 2.87. The lowest BCUT2D eigenvalue weighted by Gasteiger charge is -2.29. The number of phenols is 1. The van der Waals surface area contributed by atoms with E-state index in [1.807, 2.05) is 0 Å². The molecule has 10 heteroatoms. The first kappa shape index (κ1) is 26.3. The van der Waals surface area contributed by atoms with E-state index in [2.05, 4.69) is 26.1 Å². The number of carbonyl (C=O) groups is 2. The Kier molecular flexibility index (Phi) is 8.39. The highest BCUT2D eigenvalue weighted by atomic mass is 79.9. The molecule has 36 heavy (non-hydrogen) atoms. The van der Waals surface area contributed by atoms with Gasteiger partial charge < -0.3 is 20.1 Å². The van der Waals surface area contributed by atoms with E-state index in [9.17, 15) is 14.7 Å². The number of rotatable bonds is 6. The van der Waals surface area contributed by atoms with Crippen LogP contribution in [0.4, 0.5) is 5.82 Å². The van der Waals surface area contributed by atoms with Gasteiger partial charge >= 0.3 is 5.97 Å². The summed E-state index contributed by atoms with van der Waals surface area (Å²) in [6.45, 7) is 1.62. The van der Waals surface area contributed by atoms with Gasteiger partial charge in [-0.2, -0.15) is 0 Å². The summed E-state index contributed by atoms with van der Waals surface area (Å²) in [5.74, 6) is -0.402. The molecule has 0 spiro atoms. The van der Waals surface area contributed by atoms with Crippen molar-refractivity contribution in [3.05, 3.63) is 73.7 Å². The lowest BCUT2D eigenvalue weighted by molar-refractivity contribution is 0.0600. The summed E-state index contributed by atoms with van der Waals surface area (Å²) in [5, 5.41) is 14.2. The second-order valence-corrected chi connectivity index (χ2v) is 10.1. The van der Waals surface area contributed by atoms with Crippen molar-refractivity contribution >= 4 is 56.8 Å². The lowest BCUT2D eigenvalue weighted by Crippen LogP contribution is -2.32. The van der Waals surface area contributed by atoms with Crippen LogP contribution in [0, 0.1) is 0 Å². The number of aromatic nitrogens is 1. The number of methoxy groups -OCH3 is 1. The summed E-state index contributed by atoms with van der Waals surface area (Å²) in [4.78, 5) is 32.0. The van der Waals surface area contributed by atoms with Crippen LogP contribution in [0.1, 0.15) is 45.5 Å². The second-order valence-electron chi connectivity index (χ2n) is 8.35. The van der Waals surface area contributed by atoms with Crippen molar-refractivity contribution < 1.29 is 19.4 Å². The molecule has 7 nitrogen and oxygen atoms in total. The van der Waals surface area contributed by atoms with Crippen LogP contribution >= 0.6 is 39.1 Å². The Hall–Kier alpha value is -2.81. The molecule has 0 atom stereocenters. The van der Waals surface area contributed by atoms with Crippen LogP contribution in [0.2, 0.25) is 10.0 Å². The quantitative estimate of drug-likeness (QED) is 0.330. The van der Waals surface area contributed by atoms with Gasteiger partial charge in [-0.1, -0.05) is 51.3 Å². The number of nitrogens with zero attached hydrogens (tertiary/aromatic N) is 2. The van der Waals surface area contributed by atoms with Gasteiger partial charge in [-0.05, 0) is 49.6 Å². The molecule has 4 rings (SSSR count). The lowest BCUT2D eigenvalue weighted by atomic mass is 10.0. The van der Waals surface area contributed by atoms with E-state index in [0.717, 1.165) is 32.4 Å². The van der Waals surface area contributed by atoms with Crippen molar-refractivity contribution in [1.82, 2.24) is 10.3 Å². The molecule has 0 unspecified atom stereocenters. The average molecular weight is 593 g/mol. The van der Waals surface area contributed by atoms with Crippen molar-refractivity contribution in [3.63, 3.8) is 0 Å². The van der Waals surface area contributed by atoms with Crippen molar-refractivity contribution in [1.29, 1.82) is 0 Å². The zero-order valence-corrected chi connectivity index (χ0v) is 22.6. The summed E-state index contributed by atoms with van der Waals surface area (Å²) >= 11 is 15.7. The number of esters is 1. The predicted octanol–water partition coefficient (Wildman–Crippen LogP) is 6.23. The summed E-state index contributed by atoms with van der Waals surface area (Å²) in [6.07, 6.45) is 3.16. The summed E-state index contributed by atoms with van der Waals surface area (Å²) < 4.78 is 5.61. The van der Waals surface area contributed by atoms with Gasteiger partial charge in [0.05, 0.1) is 28.4 Å². The fourth-order valence-electron chi connectivity index (χ4n) is 4.18. The molecule has 2 N–H and O–H groups in total. The van der Waals surface area contributed by atoms with Crippen molar-refractivity contribution in [2.24, 2.45) is 0 Å². The molecule has 3 aromatic rings. The molecule has 0 saturated carbocycles. The van der Waals surface area contributed by atoms with E-state index in [1.54, 1.807) is 42.5 Å². The van der Waals surface area contributed by atoms with Gasteiger partial charge in [0.15, 0.2) is 0 Å². The Morgan fingerprint density at radius 2 is 1.81 bits per heavy atom. The van der Waals surface area contributed by atoms with E-state index < -0.39 is 11.9 Å². The number of amides is 1. The summed E-state index contributed by atoms with van der Waals surface area (Å²) in [7, 11) is 1.34.